The minimum absolute atomic E-state index is 0.0712. The van der Waals surface area contributed by atoms with Crippen LogP contribution in [0, 0.1) is 11.3 Å². The van der Waals surface area contributed by atoms with E-state index >= 15 is 0 Å². The maximum atomic E-state index is 14.1. The number of amides is 3. The molecule has 0 heterocycles. The van der Waals surface area contributed by atoms with E-state index in [0.717, 1.165) is 27.8 Å². The molecule has 4 atom stereocenters. The molecule has 1 unspecified atom stereocenters. The lowest BCUT2D eigenvalue weighted by Gasteiger charge is -2.34. The monoisotopic (exact) mass is 662 g/mol. The highest BCUT2D eigenvalue weighted by Gasteiger charge is 2.36. The number of fused-ring (bicyclic) bond motifs is 1. The fourth-order valence-electron chi connectivity index (χ4n) is 6.16. The molecule has 0 aliphatic heterocycles. The number of rotatable bonds is 13. The van der Waals surface area contributed by atoms with Crippen molar-refractivity contribution in [3.8, 4) is 0 Å². The van der Waals surface area contributed by atoms with Crippen LogP contribution >= 0.6 is 0 Å². The molecule has 1 aliphatic rings. The van der Waals surface area contributed by atoms with Gasteiger partial charge in [0.05, 0.1) is 18.1 Å². The fourth-order valence-corrected chi connectivity index (χ4v) is 6.16. The summed E-state index contributed by atoms with van der Waals surface area (Å²) >= 11 is 0. The summed E-state index contributed by atoms with van der Waals surface area (Å²) in [6.07, 6.45) is -0.565. The molecule has 0 saturated carbocycles. The van der Waals surface area contributed by atoms with Gasteiger partial charge >= 0.3 is 6.09 Å². The number of ether oxygens (including phenoxy) is 1. The molecular weight excluding hydrogens is 616 g/mol. The molecule has 49 heavy (non-hydrogen) atoms. The zero-order valence-corrected chi connectivity index (χ0v) is 28.3. The highest BCUT2D eigenvalue weighted by Crippen LogP contribution is 2.31. The van der Waals surface area contributed by atoms with Crippen LogP contribution in [0.15, 0.2) is 115 Å². The quantitative estimate of drug-likeness (QED) is 0.141. The third-order valence-electron chi connectivity index (χ3n) is 8.73. The second-order valence-corrected chi connectivity index (χ2v) is 13.7. The van der Waals surface area contributed by atoms with Crippen molar-refractivity contribution >= 4 is 17.9 Å². The van der Waals surface area contributed by atoms with Gasteiger partial charge in [0, 0.05) is 19.5 Å². The molecule has 4 aromatic rings. The molecule has 1 aliphatic carbocycles. The molecule has 9 heteroatoms. The Balaban J connectivity index is 1.36. The van der Waals surface area contributed by atoms with Crippen molar-refractivity contribution in [1.29, 1.82) is 0 Å². The van der Waals surface area contributed by atoms with Crippen LogP contribution in [0.2, 0.25) is 0 Å². The predicted molar refractivity (Wildman–Crippen MR) is 189 cm³/mol. The van der Waals surface area contributed by atoms with E-state index in [9.17, 15) is 19.5 Å². The van der Waals surface area contributed by atoms with Crippen molar-refractivity contribution in [2.45, 2.75) is 65.0 Å². The van der Waals surface area contributed by atoms with Crippen LogP contribution in [0.4, 0.5) is 4.79 Å². The molecule has 0 fully saturated rings. The molecule has 3 amide bonds. The SMILES string of the molecule is CC(C)(C)[C@H](NC(=O)OCc1ccccc1)C(=O)NN(Cc1ccccc1)C[C@@H](Cc1ccccc1)C(=O)NC1c2ccccc2C[C@H]1O. The summed E-state index contributed by atoms with van der Waals surface area (Å²) in [5.74, 6) is -1.26. The number of nitrogens with zero attached hydrogens (tertiary/aromatic N) is 1. The third kappa shape index (κ3) is 10.0. The lowest BCUT2D eigenvalue weighted by atomic mass is 9.86. The zero-order chi connectivity index (χ0) is 34.8. The van der Waals surface area contributed by atoms with Gasteiger partial charge in [-0.2, -0.15) is 0 Å². The van der Waals surface area contributed by atoms with Gasteiger partial charge < -0.3 is 20.5 Å². The molecule has 4 aromatic carbocycles. The van der Waals surface area contributed by atoms with E-state index in [0.29, 0.717) is 19.4 Å². The van der Waals surface area contributed by atoms with E-state index in [1.54, 1.807) is 5.01 Å². The molecule has 256 valence electrons. The fraction of sp³-hybridized carbons (Fsp3) is 0.325. The molecule has 0 radical (unpaired) electrons. The maximum absolute atomic E-state index is 14.1. The standard InChI is InChI=1S/C40H46N4O5/c1-40(2,3)36(42-39(48)49-27-30-19-11-6-12-20-30)38(47)43-44(25-29-17-9-5-10-18-29)26-32(23-28-15-7-4-8-16-28)37(46)41-35-33-22-14-13-21-31(33)24-34(35)45/h4-22,32,34-36,45H,23-27H2,1-3H3,(H,41,46)(H,42,48)(H,43,47)/t32-,34-,35?,36-/m1/s1. The van der Waals surface area contributed by atoms with Crippen LogP contribution in [0.3, 0.4) is 0 Å². The van der Waals surface area contributed by atoms with Crippen LogP contribution in [0.5, 0.6) is 0 Å². The molecule has 0 aromatic heterocycles. The van der Waals surface area contributed by atoms with Crippen LogP contribution in [-0.2, 0) is 40.3 Å². The summed E-state index contributed by atoms with van der Waals surface area (Å²) in [4.78, 5) is 41.0. The second-order valence-electron chi connectivity index (χ2n) is 13.7. The Hall–Kier alpha value is -4.99. The Kier molecular flexibility index (Phi) is 11.8. The molecule has 0 bridgehead atoms. The van der Waals surface area contributed by atoms with E-state index < -0.39 is 41.5 Å². The number of benzene rings is 4. The Morgan fingerprint density at radius 1 is 0.796 bits per heavy atom. The van der Waals surface area contributed by atoms with Crippen molar-refractivity contribution in [1.82, 2.24) is 21.1 Å². The van der Waals surface area contributed by atoms with E-state index in [4.69, 9.17) is 4.74 Å². The largest absolute Gasteiger partial charge is 0.445 e. The molecular formula is C40H46N4O5. The summed E-state index contributed by atoms with van der Waals surface area (Å²) in [5.41, 5.74) is 7.03. The highest BCUT2D eigenvalue weighted by atomic mass is 16.5. The second kappa shape index (κ2) is 16.4. The van der Waals surface area contributed by atoms with Crippen molar-refractivity contribution in [2.75, 3.05) is 6.54 Å². The van der Waals surface area contributed by atoms with Crippen molar-refractivity contribution in [3.63, 3.8) is 0 Å². The smallest absolute Gasteiger partial charge is 0.408 e. The van der Waals surface area contributed by atoms with Crippen LogP contribution in [-0.4, -0.2) is 46.7 Å². The molecule has 0 spiro atoms. The Bertz CT molecular complexity index is 1680. The van der Waals surface area contributed by atoms with Gasteiger partial charge in [0.15, 0.2) is 0 Å². The average Bonchev–Trinajstić information content (AvgIpc) is 3.40. The summed E-state index contributed by atoms with van der Waals surface area (Å²) in [7, 11) is 0. The number of hydrazine groups is 1. The van der Waals surface area contributed by atoms with Gasteiger partial charge in [-0.3, -0.25) is 15.0 Å². The number of aliphatic hydroxyl groups is 1. The molecule has 5 rings (SSSR count). The van der Waals surface area contributed by atoms with E-state index in [-0.39, 0.29) is 19.1 Å². The van der Waals surface area contributed by atoms with Crippen LogP contribution in [0.25, 0.3) is 0 Å². The average molecular weight is 663 g/mol. The van der Waals surface area contributed by atoms with Crippen molar-refractivity contribution < 1.29 is 24.2 Å². The number of alkyl carbamates (subject to hydrolysis) is 1. The molecule has 4 N–H and O–H groups in total. The number of aliphatic hydroxyl groups excluding tert-OH is 1. The van der Waals surface area contributed by atoms with Gasteiger partial charge in [-0.05, 0) is 39.7 Å². The Morgan fingerprint density at radius 2 is 1.37 bits per heavy atom. The third-order valence-corrected chi connectivity index (χ3v) is 8.73. The Labute approximate surface area is 288 Å². The first-order chi connectivity index (χ1) is 23.6. The van der Waals surface area contributed by atoms with Gasteiger partial charge in [0.2, 0.25) is 5.91 Å². The lowest BCUT2D eigenvalue weighted by molar-refractivity contribution is -0.134. The normalized spacial score (nSPS) is 16.7. The lowest BCUT2D eigenvalue weighted by Crippen LogP contribution is -2.58. The first-order valence-corrected chi connectivity index (χ1v) is 16.7. The van der Waals surface area contributed by atoms with Crippen LogP contribution in [0.1, 0.15) is 54.6 Å². The summed E-state index contributed by atoms with van der Waals surface area (Å²) in [5, 5.41) is 18.5. The summed E-state index contributed by atoms with van der Waals surface area (Å²) in [6, 6.07) is 35.0. The minimum Gasteiger partial charge on any atom is -0.445 e. The maximum Gasteiger partial charge on any atom is 0.408 e. The van der Waals surface area contributed by atoms with Gasteiger partial charge in [-0.1, -0.05) is 136 Å². The van der Waals surface area contributed by atoms with Crippen molar-refractivity contribution in [3.05, 3.63) is 143 Å². The van der Waals surface area contributed by atoms with E-state index in [1.165, 1.54) is 0 Å². The van der Waals surface area contributed by atoms with Gasteiger partial charge in [0.1, 0.15) is 12.6 Å². The number of hydrogen-bond donors (Lipinski definition) is 4. The predicted octanol–water partition coefficient (Wildman–Crippen LogP) is 5.49. The van der Waals surface area contributed by atoms with Crippen LogP contribution < -0.4 is 16.1 Å². The van der Waals surface area contributed by atoms with E-state index in [2.05, 4.69) is 16.1 Å². The zero-order valence-electron chi connectivity index (χ0n) is 28.3. The number of carbonyl (C=O) groups is 3. The summed E-state index contributed by atoms with van der Waals surface area (Å²) in [6.45, 7) is 6.16. The van der Waals surface area contributed by atoms with Crippen molar-refractivity contribution in [2.24, 2.45) is 11.3 Å². The summed E-state index contributed by atoms with van der Waals surface area (Å²) < 4.78 is 5.45. The first kappa shape index (κ1) is 35.3. The number of nitrogens with one attached hydrogen (secondary N) is 3. The topological polar surface area (TPSA) is 120 Å². The van der Waals surface area contributed by atoms with Gasteiger partial charge in [-0.15, -0.1) is 0 Å². The molecule has 0 saturated heterocycles. The molecule has 9 nitrogen and oxygen atoms in total. The van der Waals surface area contributed by atoms with Gasteiger partial charge in [-0.25, -0.2) is 9.80 Å². The number of hydrogen-bond acceptors (Lipinski definition) is 6. The minimum atomic E-state index is -0.944. The first-order valence-electron chi connectivity index (χ1n) is 16.7. The van der Waals surface area contributed by atoms with Gasteiger partial charge in [0.25, 0.3) is 5.91 Å². The number of carbonyl (C=O) groups excluding carboxylic acids is 3. The Morgan fingerprint density at radius 3 is 2.00 bits per heavy atom. The van der Waals surface area contributed by atoms with E-state index in [1.807, 2.05) is 136 Å². The highest BCUT2D eigenvalue weighted by molar-refractivity contribution is 5.86.